The second-order valence-electron chi connectivity index (χ2n) is 2.45. The summed E-state index contributed by atoms with van der Waals surface area (Å²) in [4.78, 5) is -1.37. The first kappa shape index (κ1) is 12.8. The number of halogens is 3. The average molecular weight is 238 g/mol. The second kappa shape index (κ2) is 4.84. The standard InChI is InChI=1S/C6H11Cl3O3/c1-2-3(10)4(11)6(9,12)5(7)8/h3-5,10-12H,2H2,1H3. The molecule has 74 valence electrons. The van der Waals surface area contributed by atoms with Crippen LogP contribution in [0.2, 0.25) is 0 Å². The third-order valence-corrected chi connectivity index (χ3v) is 2.83. The molecule has 0 radical (unpaired) electrons. The summed E-state index contributed by atoms with van der Waals surface area (Å²) in [6, 6.07) is 0. The fourth-order valence-corrected chi connectivity index (χ4v) is 1.03. The van der Waals surface area contributed by atoms with Crippen molar-refractivity contribution < 1.29 is 15.3 Å². The lowest BCUT2D eigenvalue weighted by molar-refractivity contribution is -0.0755. The zero-order valence-corrected chi connectivity index (χ0v) is 8.68. The molecule has 3 nitrogen and oxygen atoms in total. The minimum Gasteiger partial charge on any atom is -0.390 e. The van der Waals surface area contributed by atoms with Gasteiger partial charge in [-0.3, -0.25) is 0 Å². The van der Waals surface area contributed by atoms with Gasteiger partial charge in [0.25, 0.3) is 0 Å². The smallest absolute Gasteiger partial charge is 0.197 e. The highest BCUT2D eigenvalue weighted by Crippen LogP contribution is 2.30. The summed E-state index contributed by atoms with van der Waals surface area (Å²) in [7, 11) is 0. The van der Waals surface area contributed by atoms with Gasteiger partial charge < -0.3 is 15.3 Å². The maximum Gasteiger partial charge on any atom is 0.197 e. The van der Waals surface area contributed by atoms with Gasteiger partial charge in [0.1, 0.15) is 6.10 Å². The van der Waals surface area contributed by atoms with E-state index in [1.165, 1.54) is 0 Å². The van der Waals surface area contributed by atoms with E-state index < -0.39 is 22.1 Å². The Bertz CT molecular complexity index is 140. The highest BCUT2D eigenvalue weighted by Gasteiger charge is 2.43. The van der Waals surface area contributed by atoms with Crippen molar-refractivity contribution in [3.63, 3.8) is 0 Å². The van der Waals surface area contributed by atoms with Crippen molar-refractivity contribution in [3.8, 4) is 0 Å². The van der Waals surface area contributed by atoms with Gasteiger partial charge in [-0.1, -0.05) is 18.5 Å². The molecule has 3 atom stereocenters. The van der Waals surface area contributed by atoms with E-state index >= 15 is 0 Å². The zero-order valence-electron chi connectivity index (χ0n) is 6.41. The summed E-state index contributed by atoms with van der Waals surface area (Å²) in [6.07, 6.45) is -2.46. The van der Waals surface area contributed by atoms with Gasteiger partial charge in [-0.25, -0.2) is 0 Å². The van der Waals surface area contributed by atoms with E-state index in [0.29, 0.717) is 0 Å². The number of hydrogen-bond acceptors (Lipinski definition) is 3. The maximum absolute atomic E-state index is 9.25. The van der Waals surface area contributed by atoms with Crippen LogP contribution in [0.3, 0.4) is 0 Å². The molecule has 0 rings (SSSR count). The molecule has 0 heterocycles. The minimum absolute atomic E-state index is 0.247. The van der Waals surface area contributed by atoms with Crippen molar-refractivity contribution in [1.29, 1.82) is 0 Å². The second-order valence-corrected chi connectivity index (χ2v) is 4.15. The predicted octanol–water partition coefficient (Wildman–Crippen LogP) is 0.849. The van der Waals surface area contributed by atoms with Gasteiger partial charge >= 0.3 is 0 Å². The van der Waals surface area contributed by atoms with E-state index in [1.807, 2.05) is 0 Å². The molecule has 0 amide bonds. The highest BCUT2D eigenvalue weighted by atomic mass is 35.5. The van der Waals surface area contributed by atoms with Crippen molar-refractivity contribution in [2.24, 2.45) is 0 Å². The molecule has 0 aromatic heterocycles. The zero-order chi connectivity index (χ0) is 9.94. The van der Waals surface area contributed by atoms with Crippen LogP contribution in [0.4, 0.5) is 0 Å². The van der Waals surface area contributed by atoms with Crippen LogP contribution in [-0.4, -0.2) is 37.4 Å². The van der Waals surface area contributed by atoms with Crippen LogP contribution in [0.5, 0.6) is 0 Å². The molecule has 0 fully saturated rings. The molecule has 3 unspecified atom stereocenters. The van der Waals surface area contributed by atoms with Gasteiger partial charge in [0.15, 0.2) is 9.90 Å². The van der Waals surface area contributed by atoms with Gasteiger partial charge in [0.2, 0.25) is 0 Å². The van der Waals surface area contributed by atoms with Gasteiger partial charge in [0, 0.05) is 0 Å². The van der Waals surface area contributed by atoms with E-state index in [2.05, 4.69) is 0 Å². The van der Waals surface area contributed by atoms with Gasteiger partial charge in [-0.2, -0.15) is 0 Å². The van der Waals surface area contributed by atoms with Crippen LogP contribution in [0.1, 0.15) is 13.3 Å². The molecule has 0 aromatic carbocycles. The molecular weight excluding hydrogens is 226 g/mol. The molecule has 0 bridgehead atoms. The third kappa shape index (κ3) is 2.91. The van der Waals surface area contributed by atoms with E-state index in [4.69, 9.17) is 39.9 Å². The van der Waals surface area contributed by atoms with Gasteiger partial charge in [0.05, 0.1) is 6.10 Å². The molecule has 3 N–H and O–H groups in total. The Morgan fingerprint density at radius 1 is 1.33 bits per heavy atom. The minimum atomic E-state index is -2.21. The third-order valence-electron chi connectivity index (χ3n) is 1.50. The average Bonchev–Trinajstić information content (AvgIpc) is 2.01. The quantitative estimate of drug-likeness (QED) is 0.635. The molecule has 6 heteroatoms. The molecule has 0 saturated heterocycles. The largest absolute Gasteiger partial charge is 0.390 e. The molecule has 0 aliphatic carbocycles. The van der Waals surface area contributed by atoms with Crippen LogP contribution in [-0.2, 0) is 0 Å². The summed E-state index contributed by atoms with van der Waals surface area (Å²) in [5, 5.41) is 25.4. The van der Waals surface area contributed by atoms with Crippen LogP contribution in [0.15, 0.2) is 0 Å². The highest BCUT2D eigenvalue weighted by molar-refractivity contribution is 6.49. The van der Waals surface area contributed by atoms with E-state index in [0.717, 1.165) is 0 Å². The first-order valence-corrected chi connectivity index (χ1v) is 4.64. The molecule has 0 spiro atoms. The van der Waals surface area contributed by atoms with Gasteiger partial charge in [-0.15, -0.1) is 23.2 Å². The lowest BCUT2D eigenvalue weighted by Crippen LogP contribution is -2.49. The molecular formula is C6H11Cl3O3. The Labute approximate surface area is 85.9 Å². The number of aliphatic hydroxyl groups is 3. The fraction of sp³-hybridized carbons (Fsp3) is 1.00. The van der Waals surface area contributed by atoms with Gasteiger partial charge in [-0.05, 0) is 6.42 Å². The van der Waals surface area contributed by atoms with E-state index in [9.17, 15) is 10.2 Å². The topological polar surface area (TPSA) is 60.7 Å². The summed E-state index contributed by atoms with van der Waals surface area (Å²) in [6.45, 7) is 1.62. The predicted molar refractivity (Wildman–Crippen MR) is 48.6 cm³/mol. The van der Waals surface area contributed by atoms with Crippen molar-refractivity contribution in [1.82, 2.24) is 0 Å². The van der Waals surface area contributed by atoms with Crippen molar-refractivity contribution in [2.45, 2.75) is 35.4 Å². The normalized spacial score (nSPS) is 22.0. The molecule has 0 saturated carbocycles. The Balaban J connectivity index is 4.34. The summed E-state index contributed by atoms with van der Waals surface area (Å²) in [5.41, 5.74) is 0. The number of rotatable bonds is 4. The van der Waals surface area contributed by atoms with Crippen molar-refractivity contribution in [2.75, 3.05) is 0 Å². The fourth-order valence-electron chi connectivity index (χ4n) is 0.622. The Morgan fingerprint density at radius 3 is 2.00 bits per heavy atom. The maximum atomic E-state index is 9.25. The van der Waals surface area contributed by atoms with Crippen molar-refractivity contribution in [3.05, 3.63) is 0 Å². The van der Waals surface area contributed by atoms with Crippen LogP contribution < -0.4 is 0 Å². The SMILES string of the molecule is CCC(O)C(O)C(O)(Cl)C(Cl)Cl. The first-order valence-electron chi connectivity index (χ1n) is 3.39. The Hall–Kier alpha value is 0.750. The summed E-state index contributed by atoms with van der Waals surface area (Å²) in [5.74, 6) is 0. The first-order chi connectivity index (χ1) is 5.34. The number of aliphatic hydroxyl groups excluding tert-OH is 2. The monoisotopic (exact) mass is 236 g/mol. The Kier molecular flexibility index (Phi) is 5.14. The van der Waals surface area contributed by atoms with Crippen LogP contribution in [0, 0.1) is 0 Å². The lowest BCUT2D eigenvalue weighted by Gasteiger charge is -2.30. The molecule has 0 aliphatic rings. The Morgan fingerprint density at radius 2 is 1.75 bits per heavy atom. The molecule has 0 aliphatic heterocycles. The lowest BCUT2D eigenvalue weighted by atomic mass is 10.1. The summed E-state index contributed by atoms with van der Waals surface area (Å²) >= 11 is 15.9. The number of hydrogen-bond donors (Lipinski definition) is 3. The summed E-state index contributed by atoms with van der Waals surface area (Å²) < 4.78 is 0. The van der Waals surface area contributed by atoms with E-state index in [1.54, 1.807) is 6.92 Å². The van der Waals surface area contributed by atoms with Crippen LogP contribution in [0.25, 0.3) is 0 Å². The van der Waals surface area contributed by atoms with E-state index in [-0.39, 0.29) is 6.42 Å². The van der Waals surface area contributed by atoms with Crippen LogP contribution >= 0.6 is 34.8 Å². The van der Waals surface area contributed by atoms with Crippen molar-refractivity contribution >= 4 is 34.8 Å². The molecule has 0 aromatic rings. The molecule has 12 heavy (non-hydrogen) atoms. The number of alkyl halides is 3.